The van der Waals surface area contributed by atoms with E-state index in [9.17, 15) is 14.4 Å². The van der Waals surface area contributed by atoms with Gasteiger partial charge in [-0.25, -0.2) is 4.79 Å². The van der Waals surface area contributed by atoms with Gasteiger partial charge in [-0.05, 0) is 41.3 Å². The number of rotatable bonds is 4. The molecule has 2 aromatic carbocycles. The summed E-state index contributed by atoms with van der Waals surface area (Å²) in [5, 5.41) is 16.1. The van der Waals surface area contributed by atoms with Crippen molar-refractivity contribution in [1.82, 2.24) is 15.6 Å². The van der Waals surface area contributed by atoms with Crippen molar-refractivity contribution in [1.29, 1.82) is 0 Å². The molecule has 0 bridgehead atoms. The molecule has 2 heterocycles. The minimum atomic E-state index is -1.31. The Kier molecular flexibility index (Phi) is 5.08. The molecule has 1 amide bonds. The van der Waals surface area contributed by atoms with Crippen LogP contribution in [0.25, 0.3) is 10.9 Å². The van der Waals surface area contributed by atoms with Crippen LogP contribution in [0, 0.1) is 0 Å². The zero-order valence-corrected chi connectivity index (χ0v) is 16.0. The van der Waals surface area contributed by atoms with Gasteiger partial charge in [0.2, 0.25) is 5.91 Å². The first-order valence-corrected chi connectivity index (χ1v) is 9.49. The minimum Gasteiger partial charge on any atom is -0.477 e. The summed E-state index contributed by atoms with van der Waals surface area (Å²) in [4.78, 5) is 38.7. The van der Waals surface area contributed by atoms with Crippen molar-refractivity contribution in [3.63, 3.8) is 0 Å². The predicted molar refractivity (Wildman–Crippen MR) is 109 cm³/mol. The van der Waals surface area contributed by atoms with Gasteiger partial charge in [-0.15, -0.1) is 0 Å². The van der Waals surface area contributed by atoms with Gasteiger partial charge < -0.3 is 20.7 Å². The number of benzene rings is 2. The van der Waals surface area contributed by atoms with Crippen molar-refractivity contribution in [2.24, 2.45) is 0 Å². The molecule has 0 spiro atoms. The van der Waals surface area contributed by atoms with Gasteiger partial charge in [-0.3, -0.25) is 9.59 Å². The molecule has 0 saturated heterocycles. The molecule has 8 heteroatoms. The average molecular weight is 412 g/mol. The Hall–Kier alpha value is -3.16. The van der Waals surface area contributed by atoms with E-state index < -0.39 is 17.6 Å². The molecule has 4 rings (SSSR count). The highest BCUT2D eigenvalue weighted by Crippen LogP contribution is 2.24. The van der Waals surface area contributed by atoms with Crippen LogP contribution in [-0.2, 0) is 17.8 Å². The van der Waals surface area contributed by atoms with Gasteiger partial charge >= 0.3 is 5.97 Å². The Bertz CT molecular complexity index is 1190. The van der Waals surface area contributed by atoms with Crippen LogP contribution in [0.15, 0.2) is 47.3 Å². The molecule has 1 aromatic heterocycles. The summed E-state index contributed by atoms with van der Waals surface area (Å²) in [5.74, 6) is -1.50. The summed E-state index contributed by atoms with van der Waals surface area (Å²) in [5.41, 5.74) is 2.07. The van der Waals surface area contributed by atoms with Crippen LogP contribution in [0.1, 0.15) is 33.1 Å². The third-order valence-electron chi connectivity index (χ3n) is 5.05. The van der Waals surface area contributed by atoms with E-state index in [1.165, 1.54) is 6.07 Å². The first-order chi connectivity index (χ1) is 13.9. The number of pyridine rings is 1. The lowest BCUT2D eigenvalue weighted by Crippen LogP contribution is -2.41. The maximum Gasteiger partial charge on any atom is 0.341 e. The molecule has 7 nitrogen and oxygen atoms in total. The number of carboxylic acids is 1. The number of fused-ring (bicyclic) bond motifs is 2. The van der Waals surface area contributed by atoms with Crippen molar-refractivity contribution in [3.05, 3.63) is 80.1 Å². The van der Waals surface area contributed by atoms with Crippen LogP contribution in [0.5, 0.6) is 0 Å². The molecular weight excluding hydrogens is 394 g/mol. The molecule has 0 saturated carbocycles. The van der Waals surface area contributed by atoms with Crippen molar-refractivity contribution in [2.45, 2.75) is 19.0 Å². The van der Waals surface area contributed by atoms with E-state index in [1.54, 1.807) is 12.1 Å². The van der Waals surface area contributed by atoms with Crippen LogP contribution >= 0.6 is 11.6 Å². The van der Waals surface area contributed by atoms with Gasteiger partial charge in [0, 0.05) is 23.5 Å². The average Bonchev–Trinajstić information content (AvgIpc) is 2.71. The highest BCUT2D eigenvalue weighted by Gasteiger charge is 2.25. The van der Waals surface area contributed by atoms with Crippen molar-refractivity contribution >= 4 is 34.4 Å². The van der Waals surface area contributed by atoms with Crippen LogP contribution in [-0.4, -0.2) is 28.5 Å². The van der Waals surface area contributed by atoms with Crippen LogP contribution in [0.4, 0.5) is 0 Å². The molecule has 1 unspecified atom stereocenters. The largest absolute Gasteiger partial charge is 0.477 e. The first kappa shape index (κ1) is 19.2. The molecule has 29 heavy (non-hydrogen) atoms. The highest BCUT2D eigenvalue weighted by molar-refractivity contribution is 6.31. The summed E-state index contributed by atoms with van der Waals surface area (Å²) >= 11 is 6.16. The highest BCUT2D eigenvalue weighted by atomic mass is 35.5. The third kappa shape index (κ3) is 3.74. The van der Waals surface area contributed by atoms with Gasteiger partial charge in [0.15, 0.2) is 0 Å². The molecule has 4 N–H and O–H groups in total. The molecule has 1 aliphatic heterocycles. The molecule has 148 valence electrons. The number of hydrogen-bond donors (Lipinski definition) is 4. The van der Waals surface area contributed by atoms with Gasteiger partial charge in [0.1, 0.15) is 11.6 Å². The van der Waals surface area contributed by atoms with Crippen molar-refractivity contribution in [3.8, 4) is 0 Å². The number of halogens is 1. The number of hydrogen-bond acceptors (Lipinski definition) is 4. The van der Waals surface area contributed by atoms with Crippen LogP contribution in [0.3, 0.4) is 0 Å². The number of carbonyl (C=O) groups is 2. The van der Waals surface area contributed by atoms with E-state index in [2.05, 4.69) is 15.6 Å². The molecule has 1 aliphatic rings. The summed E-state index contributed by atoms with van der Waals surface area (Å²) in [6.07, 6.45) is 0.867. The molecule has 0 fully saturated rings. The number of aromatic carboxylic acids is 1. The zero-order valence-electron chi connectivity index (χ0n) is 15.3. The Morgan fingerprint density at radius 2 is 2.00 bits per heavy atom. The molecule has 0 aliphatic carbocycles. The summed E-state index contributed by atoms with van der Waals surface area (Å²) in [6, 6.07) is 11.9. The van der Waals surface area contributed by atoms with E-state index in [-0.39, 0.29) is 18.0 Å². The number of carboxylic acid groups (broad SMARTS) is 1. The van der Waals surface area contributed by atoms with E-state index in [0.29, 0.717) is 28.0 Å². The third-order valence-corrected chi connectivity index (χ3v) is 5.27. The number of H-pyrrole nitrogens is 1. The van der Waals surface area contributed by atoms with E-state index >= 15 is 0 Å². The summed E-state index contributed by atoms with van der Waals surface area (Å²) in [6.45, 7) is 0.846. The molecule has 1 atom stereocenters. The van der Waals surface area contributed by atoms with E-state index in [0.717, 1.165) is 17.5 Å². The summed E-state index contributed by atoms with van der Waals surface area (Å²) in [7, 11) is 0. The van der Waals surface area contributed by atoms with Gasteiger partial charge in [0.05, 0.1) is 5.52 Å². The molecule has 3 aromatic rings. The Morgan fingerprint density at radius 3 is 2.79 bits per heavy atom. The Morgan fingerprint density at radius 1 is 1.21 bits per heavy atom. The lowest BCUT2D eigenvalue weighted by molar-refractivity contribution is -0.123. The first-order valence-electron chi connectivity index (χ1n) is 9.11. The van der Waals surface area contributed by atoms with Crippen molar-refractivity contribution < 1.29 is 14.7 Å². The summed E-state index contributed by atoms with van der Waals surface area (Å²) < 4.78 is 0. The van der Waals surface area contributed by atoms with Crippen LogP contribution < -0.4 is 16.2 Å². The maximum atomic E-state index is 12.8. The minimum absolute atomic E-state index is 0.137. The standard InChI is InChI=1S/C21H18ClN3O4/c22-14-7-12-9-16(21(28)29)19(26)25-17(12)13(8-14)10-24-20(27)18-15-4-2-1-3-11(15)5-6-23-18/h1-4,7-9,18,23H,5-6,10H2,(H,24,27)(H,25,26)(H,28,29). The fraction of sp³-hybridized carbons (Fsp3) is 0.190. The van der Waals surface area contributed by atoms with E-state index in [4.69, 9.17) is 16.7 Å². The topological polar surface area (TPSA) is 111 Å². The Balaban J connectivity index is 1.62. The number of aromatic nitrogens is 1. The zero-order chi connectivity index (χ0) is 20.5. The fourth-order valence-electron chi connectivity index (χ4n) is 3.68. The smallest absolute Gasteiger partial charge is 0.341 e. The van der Waals surface area contributed by atoms with Crippen LogP contribution in [0.2, 0.25) is 5.02 Å². The van der Waals surface area contributed by atoms with Gasteiger partial charge in [0.25, 0.3) is 5.56 Å². The van der Waals surface area contributed by atoms with E-state index in [1.807, 2.05) is 24.3 Å². The fourth-order valence-corrected chi connectivity index (χ4v) is 3.93. The number of amides is 1. The lowest BCUT2D eigenvalue weighted by Gasteiger charge is -2.26. The second-order valence-corrected chi connectivity index (χ2v) is 7.34. The van der Waals surface area contributed by atoms with Gasteiger partial charge in [-0.1, -0.05) is 35.9 Å². The SMILES string of the molecule is O=C(O)c1cc2cc(Cl)cc(CNC(=O)C3NCCc4ccccc43)c2[nH]c1=O. The second-order valence-electron chi connectivity index (χ2n) is 6.90. The quantitative estimate of drug-likeness (QED) is 0.526. The second kappa shape index (κ2) is 7.69. The normalized spacial score (nSPS) is 15.7. The predicted octanol–water partition coefficient (Wildman–Crippen LogP) is 2.38. The van der Waals surface area contributed by atoms with Crippen molar-refractivity contribution in [2.75, 3.05) is 6.54 Å². The maximum absolute atomic E-state index is 12.8. The molecular formula is C21H18ClN3O4. The lowest BCUT2D eigenvalue weighted by atomic mass is 9.94. The number of carbonyl (C=O) groups excluding carboxylic acids is 1. The number of nitrogens with one attached hydrogen (secondary N) is 3. The Labute approximate surface area is 170 Å². The monoisotopic (exact) mass is 411 g/mol. The van der Waals surface area contributed by atoms with Gasteiger partial charge in [-0.2, -0.15) is 0 Å². The molecule has 0 radical (unpaired) electrons. The number of aromatic amines is 1.